The highest BCUT2D eigenvalue weighted by molar-refractivity contribution is 6.28. The molecule has 1 rings (SSSR count). The number of hydrogen-bond donors (Lipinski definition) is 0. The minimum Gasteiger partial charge on any atom is -0.443 e. The first kappa shape index (κ1) is 16.5. The van der Waals surface area contributed by atoms with Crippen LogP contribution >= 0.6 is 11.6 Å². The lowest BCUT2D eigenvalue weighted by molar-refractivity contribution is 0.0540. The summed E-state index contributed by atoms with van der Waals surface area (Å²) in [5, 5.41) is -0.371. The first-order valence-electron chi connectivity index (χ1n) is 5.57. The van der Waals surface area contributed by atoms with Crippen molar-refractivity contribution in [2.45, 2.75) is 32.8 Å². The molecule has 1 aromatic rings. The average molecular weight is 312 g/mol. The fraction of sp³-hybridized carbons (Fsp3) is 0.545. The van der Waals surface area contributed by atoms with Gasteiger partial charge in [-0.3, -0.25) is 4.90 Å². The number of carbonyl (C=O) groups excluding carboxylic acids is 1. The van der Waals surface area contributed by atoms with Gasteiger partial charge in [-0.1, -0.05) is 0 Å². The van der Waals surface area contributed by atoms with Crippen LogP contribution < -0.4 is 4.90 Å². The molecule has 0 saturated carbocycles. The molecule has 112 valence electrons. The molecule has 0 radical (unpaired) electrons. The minimum absolute atomic E-state index is 0.371. The SMILES string of the molecule is CC(C)(C)OC(=O)N(CC(F)F)c1nc(Cl)ncc1F. The number of aromatic nitrogens is 2. The Bertz CT molecular complexity index is 494. The number of hydrogen-bond acceptors (Lipinski definition) is 4. The van der Waals surface area contributed by atoms with E-state index in [-0.39, 0.29) is 5.28 Å². The van der Waals surface area contributed by atoms with Gasteiger partial charge in [0.15, 0.2) is 11.6 Å². The molecule has 1 heterocycles. The number of halogens is 4. The van der Waals surface area contributed by atoms with Crippen molar-refractivity contribution in [2.75, 3.05) is 11.4 Å². The first-order valence-corrected chi connectivity index (χ1v) is 5.94. The Morgan fingerprint density at radius 2 is 2.10 bits per heavy atom. The lowest BCUT2D eigenvalue weighted by atomic mass is 10.2. The second kappa shape index (κ2) is 6.25. The van der Waals surface area contributed by atoms with Crippen molar-refractivity contribution in [3.8, 4) is 0 Å². The molecule has 0 saturated heterocycles. The molecule has 0 unspecified atom stereocenters. The summed E-state index contributed by atoms with van der Waals surface area (Å²) in [7, 11) is 0. The summed E-state index contributed by atoms with van der Waals surface area (Å²) in [5.41, 5.74) is -0.926. The van der Waals surface area contributed by atoms with Gasteiger partial charge in [0.2, 0.25) is 5.28 Å². The standard InChI is InChI=1S/C11H13ClF3N3O2/c1-11(2,3)20-10(19)18(5-7(14)15)8-6(13)4-16-9(12)17-8/h4,7H,5H2,1-3H3. The lowest BCUT2D eigenvalue weighted by Gasteiger charge is -2.26. The summed E-state index contributed by atoms with van der Waals surface area (Å²) in [6.45, 7) is 3.58. The van der Waals surface area contributed by atoms with E-state index in [1.807, 2.05) is 0 Å². The van der Waals surface area contributed by atoms with Crippen molar-refractivity contribution in [2.24, 2.45) is 0 Å². The van der Waals surface area contributed by atoms with E-state index < -0.39 is 36.3 Å². The summed E-state index contributed by atoms with van der Waals surface area (Å²) in [4.78, 5) is 19.0. The van der Waals surface area contributed by atoms with E-state index in [2.05, 4.69) is 9.97 Å². The largest absolute Gasteiger partial charge is 0.443 e. The van der Waals surface area contributed by atoms with Crippen molar-refractivity contribution in [1.29, 1.82) is 0 Å². The molecule has 0 fully saturated rings. The van der Waals surface area contributed by atoms with Crippen LogP contribution in [0.4, 0.5) is 23.8 Å². The summed E-state index contributed by atoms with van der Waals surface area (Å²) in [6.07, 6.45) is -3.35. The van der Waals surface area contributed by atoms with E-state index in [1.54, 1.807) is 20.8 Å². The molecule has 5 nitrogen and oxygen atoms in total. The molecule has 0 aliphatic rings. The zero-order chi connectivity index (χ0) is 15.5. The van der Waals surface area contributed by atoms with E-state index in [1.165, 1.54) is 0 Å². The molecule has 0 atom stereocenters. The van der Waals surface area contributed by atoms with Crippen molar-refractivity contribution in [3.05, 3.63) is 17.3 Å². The highest BCUT2D eigenvalue weighted by Gasteiger charge is 2.29. The van der Waals surface area contributed by atoms with Crippen LogP contribution in [0.1, 0.15) is 20.8 Å². The van der Waals surface area contributed by atoms with Crippen LogP contribution in [0, 0.1) is 5.82 Å². The fourth-order valence-electron chi connectivity index (χ4n) is 1.23. The predicted molar refractivity (Wildman–Crippen MR) is 66.6 cm³/mol. The fourth-order valence-corrected chi connectivity index (χ4v) is 1.36. The first-order chi connectivity index (χ1) is 9.10. The van der Waals surface area contributed by atoms with E-state index in [4.69, 9.17) is 16.3 Å². The maximum absolute atomic E-state index is 13.6. The normalized spacial score (nSPS) is 11.6. The minimum atomic E-state index is -2.89. The third-order valence-electron chi connectivity index (χ3n) is 1.89. The average Bonchev–Trinajstić information content (AvgIpc) is 2.27. The van der Waals surface area contributed by atoms with Gasteiger partial charge in [0.1, 0.15) is 5.60 Å². The topological polar surface area (TPSA) is 55.3 Å². The van der Waals surface area contributed by atoms with E-state index in [9.17, 15) is 18.0 Å². The number of ether oxygens (including phenoxy) is 1. The molecule has 0 aromatic carbocycles. The monoisotopic (exact) mass is 311 g/mol. The molecule has 0 aliphatic carbocycles. The molecular weight excluding hydrogens is 299 g/mol. The number of alkyl halides is 2. The van der Waals surface area contributed by atoms with Gasteiger partial charge in [-0.25, -0.2) is 22.9 Å². The maximum atomic E-state index is 13.6. The van der Waals surface area contributed by atoms with Crippen molar-refractivity contribution >= 4 is 23.5 Å². The lowest BCUT2D eigenvalue weighted by Crippen LogP contribution is -2.40. The van der Waals surface area contributed by atoms with E-state index >= 15 is 0 Å². The van der Waals surface area contributed by atoms with Gasteiger partial charge in [-0.05, 0) is 32.4 Å². The Hall–Kier alpha value is -1.57. The number of nitrogens with zero attached hydrogens (tertiary/aromatic N) is 3. The zero-order valence-electron chi connectivity index (χ0n) is 11.0. The molecule has 0 spiro atoms. The third kappa shape index (κ3) is 4.84. The summed E-state index contributed by atoms with van der Waals surface area (Å²) >= 11 is 5.48. The van der Waals surface area contributed by atoms with Crippen LogP contribution in [-0.4, -0.2) is 34.6 Å². The molecule has 9 heteroatoms. The second-order valence-corrected chi connectivity index (χ2v) is 5.13. The highest BCUT2D eigenvalue weighted by Crippen LogP contribution is 2.21. The Balaban J connectivity index is 3.12. The van der Waals surface area contributed by atoms with Crippen LogP contribution in [0.15, 0.2) is 6.20 Å². The number of amides is 1. The Kier molecular flexibility index (Phi) is 5.15. The van der Waals surface area contributed by atoms with Crippen LogP contribution in [0.25, 0.3) is 0 Å². The van der Waals surface area contributed by atoms with E-state index in [0.717, 1.165) is 0 Å². The van der Waals surface area contributed by atoms with Crippen LogP contribution in [0.3, 0.4) is 0 Å². The van der Waals surface area contributed by atoms with Crippen molar-refractivity contribution in [3.63, 3.8) is 0 Å². The van der Waals surface area contributed by atoms with Gasteiger partial charge in [0.25, 0.3) is 6.43 Å². The van der Waals surface area contributed by atoms with Gasteiger partial charge in [0, 0.05) is 0 Å². The Morgan fingerprint density at radius 1 is 1.50 bits per heavy atom. The van der Waals surface area contributed by atoms with Gasteiger partial charge >= 0.3 is 6.09 Å². The molecule has 20 heavy (non-hydrogen) atoms. The summed E-state index contributed by atoms with van der Waals surface area (Å²) in [6, 6.07) is 0. The van der Waals surface area contributed by atoms with E-state index in [0.29, 0.717) is 11.1 Å². The Labute approximate surface area is 118 Å². The number of anilines is 1. The summed E-state index contributed by atoms with van der Waals surface area (Å²) in [5.74, 6) is -1.71. The number of rotatable bonds is 3. The van der Waals surface area contributed by atoms with Crippen LogP contribution in [0.2, 0.25) is 5.28 Å². The zero-order valence-corrected chi connectivity index (χ0v) is 11.8. The highest BCUT2D eigenvalue weighted by atomic mass is 35.5. The van der Waals surface area contributed by atoms with Gasteiger partial charge in [0.05, 0.1) is 12.7 Å². The molecule has 1 amide bonds. The van der Waals surface area contributed by atoms with Gasteiger partial charge in [-0.15, -0.1) is 0 Å². The van der Waals surface area contributed by atoms with Crippen LogP contribution in [0.5, 0.6) is 0 Å². The second-order valence-electron chi connectivity index (χ2n) is 4.79. The predicted octanol–water partition coefficient (Wildman–Crippen LogP) is 3.28. The molecule has 0 aliphatic heterocycles. The number of carbonyl (C=O) groups is 1. The smallest absolute Gasteiger partial charge is 0.416 e. The Morgan fingerprint density at radius 3 is 2.60 bits per heavy atom. The summed E-state index contributed by atoms with van der Waals surface area (Å²) < 4.78 is 43.6. The quantitative estimate of drug-likeness (QED) is 0.804. The maximum Gasteiger partial charge on any atom is 0.416 e. The molecule has 0 bridgehead atoms. The molecular formula is C11H13ClF3N3O2. The molecule has 0 N–H and O–H groups in total. The van der Waals surface area contributed by atoms with Crippen molar-refractivity contribution in [1.82, 2.24) is 9.97 Å². The van der Waals surface area contributed by atoms with Crippen LogP contribution in [-0.2, 0) is 4.74 Å². The van der Waals surface area contributed by atoms with Gasteiger partial charge in [-0.2, -0.15) is 4.98 Å². The third-order valence-corrected chi connectivity index (χ3v) is 2.07. The molecule has 1 aromatic heterocycles. The van der Waals surface area contributed by atoms with Gasteiger partial charge < -0.3 is 4.74 Å². The van der Waals surface area contributed by atoms with Crippen molar-refractivity contribution < 1.29 is 22.7 Å².